The van der Waals surface area contributed by atoms with Crippen LogP contribution in [0.3, 0.4) is 0 Å². The molecule has 4 nitrogen and oxygen atoms in total. The van der Waals surface area contributed by atoms with E-state index in [-0.39, 0.29) is 5.97 Å². The number of rotatable bonds is 4. The van der Waals surface area contributed by atoms with E-state index in [2.05, 4.69) is 11.9 Å². The van der Waals surface area contributed by atoms with Crippen molar-refractivity contribution >= 4 is 5.97 Å². The summed E-state index contributed by atoms with van der Waals surface area (Å²) in [6, 6.07) is 0. The molecule has 2 fully saturated rings. The van der Waals surface area contributed by atoms with Crippen LogP contribution in [-0.2, 0) is 4.74 Å². The third-order valence-corrected chi connectivity index (χ3v) is 4.60. The number of esters is 1. The average molecular weight is 288 g/mol. The molecule has 2 atom stereocenters. The van der Waals surface area contributed by atoms with E-state index in [1.54, 1.807) is 6.20 Å². The zero-order chi connectivity index (χ0) is 14.8. The van der Waals surface area contributed by atoms with E-state index >= 15 is 0 Å². The maximum absolute atomic E-state index is 12.0. The van der Waals surface area contributed by atoms with Crippen LogP contribution in [0.25, 0.3) is 0 Å². The fourth-order valence-corrected chi connectivity index (χ4v) is 3.31. The predicted molar refractivity (Wildman–Crippen MR) is 80.3 cm³/mol. The highest BCUT2D eigenvalue weighted by Crippen LogP contribution is 2.42. The Morgan fingerprint density at radius 1 is 1.29 bits per heavy atom. The molecule has 2 unspecified atom stereocenters. The van der Waals surface area contributed by atoms with Crippen LogP contribution < -0.4 is 0 Å². The monoisotopic (exact) mass is 288 g/mol. The largest absolute Gasteiger partial charge is 0.462 e. The Labute approximate surface area is 126 Å². The molecular formula is C17H24N2O2. The van der Waals surface area contributed by atoms with Crippen molar-refractivity contribution in [1.29, 1.82) is 0 Å². The SMILES string of the molecule is CCOC(=O)c1cnc(C2CCCC(C)C2)nc1C1CC1. The normalized spacial score (nSPS) is 25.6. The highest BCUT2D eigenvalue weighted by atomic mass is 16.5. The molecule has 0 radical (unpaired) electrons. The lowest BCUT2D eigenvalue weighted by Crippen LogP contribution is -2.17. The Balaban J connectivity index is 1.86. The highest BCUT2D eigenvalue weighted by molar-refractivity contribution is 5.90. The second kappa shape index (κ2) is 6.12. The third kappa shape index (κ3) is 3.25. The fraction of sp³-hybridized carbons (Fsp3) is 0.706. The molecule has 114 valence electrons. The van der Waals surface area contributed by atoms with E-state index in [0.717, 1.165) is 30.3 Å². The number of hydrogen-bond donors (Lipinski definition) is 0. The summed E-state index contributed by atoms with van der Waals surface area (Å²) in [6.07, 6.45) is 8.87. The van der Waals surface area contributed by atoms with Gasteiger partial charge in [0.25, 0.3) is 0 Å². The lowest BCUT2D eigenvalue weighted by atomic mass is 9.82. The summed E-state index contributed by atoms with van der Waals surface area (Å²) in [5, 5.41) is 0. The number of ether oxygens (including phenoxy) is 1. The lowest BCUT2D eigenvalue weighted by molar-refractivity contribution is 0.0523. The number of carbonyl (C=O) groups is 1. The molecule has 0 aliphatic heterocycles. The highest BCUT2D eigenvalue weighted by Gasteiger charge is 2.32. The van der Waals surface area contributed by atoms with E-state index in [1.807, 2.05) is 6.92 Å². The van der Waals surface area contributed by atoms with Crippen molar-refractivity contribution in [2.75, 3.05) is 6.61 Å². The summed E-state index contributed by atoms with van der Waals surface area (Å²) < 4.78 is 5.13. The molecule has 1 aromatic heterocycles. The molecule has 1 heterocycles. The van der Waals surface area contributed by atoms with E-state index in [1.165, 1.54) is 25.7 Å². The van der Waals surface area contributed by atoms with Gasteiger partial charge in [0.1, 0.15) is 5.82 Å². The van der Waals surface area contributed by atoms with Gasteiger partial charge in [0.2, 0.25) is 0 Å². The molecule has 21 heavy (non-hydrogen) atoms. The minimum Gasteiger partial charge on any atom is -0.462 e. The molecule has 1 aromatic rings. The van der Waals surface area contributed by atoms with Gasteiger partial charge in [0, 0.05) is 18.0 Å². The van der Waals surface area contributed by atoms with Gasteiger partial charge in [0.15, 0.2) is 0 Å². The van der Waals surface area contributed by atoms with Crippen LogP contribution >= 0.6 is 0 Å². The maximum atomic E-state index is 12.0. The Bertz CT molecular complexity index is 526. The van der Waals surface area contributed by atoms with Crippen LogP contribution in [0.4, 0.5) is 0 Å². The first-order chi connectivity index (χ1) is 10.2. The van der Waals surface area contributed by atoms with Crippen LogP contribution in [0.1, 0.15) is 86.1 Å². The van der Waals surface area contributed by atoms with Crippen molar-refractivity contribution in [2.24, 2.45) is 5.92 Å². The summed E-state index contributed by atoms with van der Waals surface area (Å²) in [4.78, 5) is 21.3. The fourth-order valence-electron chi connectivity index (χ4n) is 3.31. The molecule has 0 amide bonds. The Hall–Kier alpha value is -1.45. The lowest BCUT2D eigenvalue weighted by Gasteiger charge is -2.26. The van der Waals surface area contributed by atoms with Gasteiger partial charge in [-0.3, -0.25) is 0 Å². The molecule has 0 N–H and O–H groups in total. The quantitative estimate of drug-likeness (QED) is 0.790. The molecular weight excluding hydrogens is 264 g/mol. The smallest absolute Gasteiger partial charge is 0.341 e. The maximum Gasteiger partial charge on any atom is 0.341 e. The van der Waals surface area contributed by atoms with Crippen LogP contribution in [0.15, 0.2) is 6.20 Å². The van der Waals surface area contributed by atoms with E-state index in [4.69, 9.17) is 9.72 Å². The van der Waals surface area contributed by atoms with Crippen molar-refractivity contribution in [3.63, 3.8) is 0 Å². The average Bonchev–Trinajstić information content (AvgIpc) is 3.31. The van der Waals surface area contributed by atoms with Gasteiger partial charge in [-0.05, 0) is 38.5 Å². The summed E-state index contributed by atoms with van der Waals surface area (Å²) in [5.41, 5.74) is 1.50. The predicted octanol–water partition coefficient (Wildman–Crippen LogP) is 3.82. The minimum atomic E-state index is -0.275. The Morgan fingerprint density at radius 2 is 2.10 bits per heavy atom. The summed E-state index contributed by atoms with van der Waals surface area (Å²) in [5.74, 6) is 2.32. The topological polar surface area (TPSA) is 52.1 Å². The van der Waals surface area contributed by atoms with Crippen molar-refractivity contribution in [2.45, 2.75) is 64.2 Å². The minimum absolute atomic E-state index is 0.275. The standard InChI is InChI=1S/C17H24N2O2/c1-3-21-17(20)14-10-18-16(19-15(14)12-7-8-12)13-6-4-5-11(2)9-13/h10-13H,3-9H2,1-2H3. The van der Waals surface area contributed by atoms with Crippen molar-refractivity contribution in [3.8, 4) is 0 Å². The summed E-state index contributed by atoms with van der Waals surface area (Å²) in [6.45, 7) is 4.53. The number of aromatic nitrogens is 2. The molecule has 0 aromatic carbocycles. The first kappa shape index (κ1) is 14.5. The van der Waals surface area contributed by atoms with Gasteiger partial charge in [-0.2, -0.15) is 0 Å². The molecule has 0 bridgehead atoms. The van der Waals surface area contributed by atoms with Crippen molar-refractivity contribution in [3.05, 3.63) is 23.3 Å². The number of hydrogen-bond acceptors (Lipinski definition) is 4. The molecule has 3 rings (SSSR count). The molecule has 0 saturated heterocycles. The van der Waals surface area contributed by atoms with Gasteiger partial charge < -0.3 is 4.74 Å². The van der Waals surface area contributed by atoms with Gasteiger partial charge >= 0.3 is 5.97 Å². The zero-order valence-corrected chi connectivity index (χ0v) is 13.0. The van der Waals surface area contributed by atoms with E-state index in [0.29, 0.717) is 24.0 Å². The molecule has 2 aliphatic carbocycles. The Morgan fingerprint density at radius 3 is 2.76 bits per heavy atom. The number of nitrogens with zero attached hydrogens (tertiary/aromatic N) is 2. The molecule has 4 heteroatoms. The molecule has 2 aliphatic rings. The van der Waals surface area contributed by atoms with Gasteiger partial charge in [-0.25, -0.2) is 14.8 Å². The van der Waals surface area contributed by atoms with Crippen molar-refractivity contribution in [1.82, 2.24) is 9.97 Å². The van der Waals surface area contributed by atoms with E-state index in [9.17, 15) is 4.79 Å². The first-order valence-electron chi connectivity index (χ1n) is 8.23. The van der Waals surface area contributed by atoms with Gasteiger partial charge in [-0.15, -0.1) is 0 Å². The molecule has 0 spiro atoms. The molecule has 2 saturated carbocycles. The first-order valence-corrected chi connectivity index (χ1v) is 8.23. The number of carbonyl (C=O) groups excluding carboxylic acids is 1. The van der Waals surface area contributed by atoms with Crippen LogP contribution in [0.5, 0.6) is 0 Å². The summed E-state index contributed by atoms with van der Waals surface area (Å²) >= 11 is 0. The second-order valence-electron chi connectivity index (χ2n) is 6.49. The van der Waals surface area contributed by atoms with E-state index < -0.39 is 0 Å². The van der Waals surface area contributed by atoms with Gasteiger partial charge in [-0.1, -0.05) is 19.8 Å². The van der Waals surface area contributed by atoms with Crippen LogP contribution in [-0.4, -0.2) is 22.5 Å². The van der Waals surface area contributed by atoms with Crippen molar-refractivity contribution < 1.29 is 9.53 Å². The van der Waals surface area contributed by atoms with Crippen LogP contribution in [0, 0.1) is 5.92 Å². The van der Waals surface area contributed by atoms with Crippen LogP contribution in [0.2, 0.25) is 0 Å². The third-order valence-electron chi connectivity index (χ3n) is 4.60. The zero-order valence-electron chi connectivity index (χ0n) is 13.0. The Kier molecular flexibility index (Phi) is 4.22. The summed E-state index contributed by atoms with van der Waals surface area (Å²) in [7, 11) is 0. The second-order valence-corrected chi connectivity index (χ2v) is 6.49. The van der Waals surface area contributed by atoms with Gasteiger partial charge in [0.05, 0.1) is 17.9 Å².